The van der Waals surface area contributed by atoms with Crippen LogP contribution in [0, 0.1) is 18.3 Å². The Kier molecular flexibility index (Phi) is 7.28. The number of nitriles is 1. The summed E-state index contributed by atoms with van der Waals surface area (Å²) in [7, 11) is 4.53. The van der Waals surface area contributed by atoms with Gasteiger partial charge in [-0.05, 0) is 24.1 Å². The summed E-state index contributed by atoms with van der Waals surface area (Å²) >= 11 is 0. The Hall–Kier alpha value is -4.26. The Morgan fingerprint density at radius 3 is 2.09 bits per heavy atom. The quantitative estimate of drug-likeness (QED) is 0.476. The zero-order valence-electron chi connectivity index (χ0n) is 18.0. The van der Waals surface area contributed by atoms with E-state index in [2.05, 4.69) is 4.99 Å². The molecule has 1 aromatic carbocycles. The second kappa shape index (κ2) is 9.70. The molecule has 0 aromatic heterocycles. The van der Waals surface area contributed by atoms with Crippen LogP contribution in [-0.4, -0.2) is 64.1 Å². The van der Waals surface area contributed by atoms with E-state index in [1.165, 1.54) is 25.3 Å². The average molecular weight is 440 g/mol. The lowest BCUT2D eigenvalue weighted by Crippen LogP contribution is -2.36. The number of ether oxygens (including phenoxy) is 4. The van der Waals surface area contributed by atoms with Crippen molar-refractivity contribution in [3.8, 4) is 6.07 Å². The number of aliphatic imine (C=N–C) groups is 1. The molecule has 1 atom stereocenters. The summed E-state index contributed by atoms with van der Waals surface area (Å²) in [4.78, 5) is 53.2. The van der Waals surface area contributed by atoms with Gasteiger partial charge in [-0.1, -0.05) is 18.2 Å². The Morgan fingerprint density at radius 2 is 1.56 bits per heavy atom. The third-order valence-electron chi connectivity index (χ3n) is 4.65. The van der Waals surface area contributed by atoms with Gasteiger partial charge >= 0.3 is 23.9 Å². The first kappa shape index (κ1) is 24.0. The molecule has 0 aliphatic carbocycles. The first-order valence-corrected chi connectivity index (χ1v) is 9.08. The molecule has 0 saturated carbocycles. The molecule has 166 valence electrons. The number of hydrogen-bond donors (Lipinski definition) is 0. The Bertz CT molecular complexity index is 1120. The first-order valence-electron chi connectivity index (χ1n) is 9.08. The van der Waals surface area contributed by atoms with Gasteiger partial charge in [0.25, 0.3) is 5.54 Å². The van der Waals surface area contributed by atoms with Crippen molar-refractivity contribution >= 4 is 36.2 Å². The van der Waals surface area contributed by atoms with Crippen molar-refractivity contribution in [3.05, 3.63) is 51.6 Å². The lowest BCUT2D eigenvalue weighted by Gasteiger charge is -2.18. The minimum Gasteiger partial charge on any atom is -0.466 e. The maximum atomic E-state index is 12.4. The van der Waals surface area contributed by atoms with E-state index >= 15 is 0 Å². The zero-order chi connectivity index (χ0) is 24.1. The number of esters is 4. The van der Waals surface area contributed by atoms with Crippen molar-refractivity contribution in [2.24, 2.45) is 4.99 Å². The number of benzene rings is 1. The predicted molar refractivity (Wildman–Crippen MR) is 111 cm³/mol. The lowest BCUT2D eigenvalue weighted by atomic mass is 9.89. The smallest absolute Gasteiger partial charge is 0.353 e. The fourth-order valence-electron chi connectivity index (χ4n) is 3.14. The van der Waals surface area contributed by atoms with E-state index in [-0.39, 0.29) is 27.8 Å². The van der Waals surface area contributed by atoms with Crippen molar-refractivity contribution < 1.29 is 38.1 Å². The molecule has 1 heterocycles. The first-order chi connectivity index (χ1) is 15.2. The molecule has 0 spiro atoms. The summed E-state index contributed by atoms with van der Waals surface area (Å²) in [5, 5.41) is 9.71. The van der Waals surface area contributed by atoms with Crippen LogP contribution in [-0.2, 0) is 28.5 Å². The van der Waals surface area contributed by atoms with Crippen LogP contribution >= 0.6 is 0 Å². The van der Waals surface area contributed by atoms with Crippen LogP contribution in [0.3, 0.4) is 0 Å². The Labute approximate surface area is 183 Å². The van der Waals surface area contributed by atoms with E-state index in [1.54, 1.807) is 19.1 Å². The molecular weight excluding hydrogens is 420 g/mol. The van der Waals surface area contributed by atoms with E-state index in [4.69, 9.17) is 18.9 Å². The van der Waals surface area contributed by atoms with Crippen molar-refractivity contribution in [3.63, 3.8) is 0 Å². The number of hydrogen-bond acceptors (Lipinski definition) is 10. The molecule has 0 saturated heterocycles. The number of aryl methyl sites for hydroxylation is 1. The van der Waals surface area contributed by atoms with Crippen LogP contribution < -0.4 is 0 Å². The van der Waals surface area contributed by atoms with Gasteiger partial charge in [-0.3, -0.25) is 4.99 Å². The third kappa shape index (κ3) is 4.13. The van der Waals surface area contributed by atoms with Gasteiger partial charge in [0, 0.05) is 11.8 Å². The van der Waals surface area contributed by atoms with Gasteiger partial charge in [0.05, 0.1) is 45.1 Å². The SMILES string of the molecule is COC(=O)C1=C(/C=C\c2cc(C)cc(C(=O)OC)c2C(=O)OC)C(C#N)(C(=O)OC)N=C1. The Morgan fingerprint density at radius 1 is 0.938 bits per heavy atom. The van der Waals surface area contributed by atoms with Gasteiger partial charge in [0.1, 0.15) is 6.07 Å². The van der Waals surface area contributed by atoms with Crippen LogP contribution in [0.5, 0.6) is 0 Å². The van der Waals surface area contributed by atoms with E-state index in [0.29, 0.717) is 5.56 Å². The molecule has 2 rings (SSSR count). The summed E-state index contributed by atoms with van der Waals surface area (Å²) in [6.45, 7) is 1.69. The monoisotopic (exact) mass is 440 g/mol. The van der Waals surface area contributed by atoms with E-state index in [9.17, 15) is 24.4 Å². The molecule has 1 aromatic rings. The third-order valence-corrected chi connectivity index (χ3v) is 4.65. The average Bonchev–Trinajstić information content (AvgIpc) is 3.19. The molecule has 10 heteroatoms. The molecule has 10 nitrogen and oxygen atoms in total. The molecule has 0 radical (unpaired) electrons. The minimum atomic E-state index is -2.14. The number of rotatable bonds is 6. The summed E-state index contributed by atoms with van der Waals surface area (Å²) in [5.41, 5.74) is -1.70. The lowest BCUT2D eigenvalue weighted by molar-refractivity contribution is -0.143. The standard InChI is InChI=1S/C22H20N2O8/c1-12-8-13(17(20(27)31-4)14(9-12)18(25)29-2)6-7-16-15(19(26)30-3)10-24-22(16,11-23)21(28)32-5/h6-10H,1-5H3/b7-6-. The summed E-state index contributed by atoms with van der Waals surface area (Å²) in [5.74, 6) is -3.41. The van der Waals surface area contributed by atoms with Crippen molar-refractivity contribution in [2.75, 3.05) is 28.4 Å². The molecule has 1 aliphatic rings. The molecule has 0 N–H and O–H groups in total. The fourth-order valence-corrected chi connectivity index (χ4v) is 3.14. The fraction of sp³-hybridized carbons (Fsp3) is 0.273. The normalized spacial score (nSPS) is 17.1. The van der Waals surface area contributed by atoms with Gasteiger partial charge in [-0.25, -0.2) is 19.2 Å². The van der Waals surface area contributed by atoms with Gasteiger partial charge in [0.15, 0.2) is 0 Å². The van der Waals surface area contributed by atoms with Crippen molar-refractivity contribution in [2.45, 2.75) is 12.5 Å². The van der Waals surface area contributed by atoms with Crippen LogP contribution in [0.4, 0.5) is 0 Å². The van der Waals surface area contributed by atoms with Crippen LogP contribution in [0.15, 0.2) is 34.3 Å². The molecule has 1 aliphatic heterocycles. The summed E-state index contributed by atoms with van der Waals surface area (Å²) in [6, 6.07) is 4.81. The zero-order valence-corrected chi connectivity index (χ0v) is 18.0. The summed E-state index contributed by atoms with van der Waals surface area (Å²) < 4.78 is 19.0. The topological polar surface area (TPSA) is 141 Å². The minimum absolute atomic E-state index is 0.0386. The van der Waals surface area contributed by atoms with Gasteiger partial charge in [-0.2, -0.15) is 5.26 Å². The van der Waals surface area contributed by atoms with Crippen LogP contribution in [0.2, 0.25) is 0 Å². The van der Waals surface area contributed by atoms with Gasteiger partial charge in [-0.15, -0.1) is 0 Å². The van der Waals surface area contributed by atoms with Gasteiger partial charge in [0.2, 0.25) is 0 Å². The molecule has 0 fully saturated rings. The second-order valence-corrected chi connectivity index (χ2v) is 6.48. The highest BCUT2D eigenvalue weighted by atomic mass is 16.5. The molecular formula is C22H20N2O8. The maximum absolute atomic E-state index is 12.4. The molecule has 0 bridgehead atoms. The number of methoxy groups -OCH3 is 4. The Balaban J connectivity index is 2.78. The van der Waals surface area contributed by atoms with Crippen LogP contribution in [0.1, 0.15) is 31.8 Å². The van der Waals surface area contributed by atoms with E-state index in [0.717, 1.165) is 27.5 Å². The highest BCUT2D eigenvalue weighted by Gasteiger charge is 2.48. The molecule has 0 amide bonds. The highest BCUT2D eigenvalue weighted by Crippen LogP contribution is 2.33. The maximum Gasteiger partial charge on any atom is 0.353 e. The number of carbonyl (C=O) groups excluding carboxylic acids is 4. The molecule has 32 heavy (non-hydrogen) atoms. The van der Waals surface area contributed by atoms with E-state index < -0.39 is 29.4 Å². The predicted octanol–water partition coefficient (Wildman–Crippen LogP) is 1.57. The van der Waals surface area contributed by atoms with Gasteiger partial charge < -0.3 is 18.9 Å². The molecule has 1 unspecified atom stereocenters. The summed E-state index contributed by atoms with van der Waals surface area (Å²) in [6.07, 6.45) is 3.67. The van der Waals surface area contributed by atoms with Crippen molar-refractivity contribution in [1.82, 2.24) is 0 Å². The highest BCUT2D eigenvalue weighted by molar-refractivity contribution is 6.16. The van der Waals surface area contributed by atoms with Crippen LogP contribution in [0.25, 0.3) is 6.08 Å². The van der Waals surface area contributed by atoms with Crippen molar-refractivity contribution in [1.29, 1.82) is 5.26 Å². The second-order valence-electron chi connectivity index (χ2n) is 6.48. The number of carbonyl (C=O) groups is 4. The largest absolute Gasteiger partial charge is 0.466 e. The van der Waals surface area contributed by atoms with E-state index in [1.807, 2.05) is 0 Å². The number of nitrogens with zero attached hydrogens (tertiary/aromatic N) is 2.